The standard InChI is InChI=1S/C17H23FN2O5/c1-23-17(24-2)7-8-19(10-15(17)18)12-3-5-13(6-4-12)20-9-14(11-21)25-16(20)22/h3-6,14-15,21H,7-11H2,1-2H3/t14?,15-/m1/s1. The second kappa shape index (κ2) is 7.15. The molecule has 1 aromatic carbocycles. The quantitative estimate of drug-likeness (QED) is 0.809. The number of halogens is 1. The van der Waals surface area contributed by atoms with Crippen LogP contribution in [-0.4, -0.2) is 69.7 Å². The van der Waals surface area contributed by atoms with E-state index in [-0.39, 0.29) is 13.2 Å². The highest BCUT2D eigenvalue weighted by Gasteiger charge is 2.44. The molecule has 3 rings (SSSR count). The predicted octanol–water partition coefficient (Wildman–Crippen LogP) is 1.54. The second-order valence-corrected chi connectivity index (χ2v) is 6.20. The zero-order valence-corrected chi connectivity index (χ0v) is 14.4. The van der Waals surface area contributed by atoms with E-state index in [2.05, 4.69) is 0 Å². The summed E-state index contributed by atoms with van der Waals surface area (Å²) in [7, 11) is 2.91. The largest absolute Gasteiger partial charge is 0.441 e. The van der Waals surface area contributed by atoms with Gasteiger partial charge in [-0.05, 0) is 24.3 Å². The number of alkyl halides is 1. The average molecular weight is 354 g/mol. The van der Waals surface area contributed by atoms with E-state index >= 15 is 0 Å². The zero-order chi connectivity index (χ0) is 18.0. The number of amides is 1. The molecule has 1 amide bonds. The van der Waals surface area contributed by atoms with Gasteiger partial charge in [0.2, 0.25) is 5.79 Å². The van der Waals surface area contributed by atoms with Crippen molar-refractivity contribution in [3.8, 4) is 0 Å². The summed E-state index contributed by atoms with van der Waals surface area (Å²) in [6.45, 7) is 0.876. The minimum Gasteiger partial charge on any atom is -0.441 e. The molecule has 0 bridgehead atoms. The molecule has 0 aliphatic carbocycles. The van der Waals surface area contributed by atoms with Gasteiger partial charge in [-0.2, -0.15) is 0 Å². The number of aliphatic hydroxyl groups excluding tert-OH is 1. The Morgan fingerprint density at radius 2 is 1.88 bits per heavy atom. The number of benzene rings is 1. The fraction of sp³-hybridized carbons (Fsp3) is 0.588. The van der Waals surface area contributed by atoms with Crippen LogP contribution in [0.25, 0.3) is 0 Å². The first-order valence-corrected chi connectivity index (χ1v) is 8.21. The minimum absolute atomic E-state index is 0.166. The van der Waals surface area contributed by atoms with Gasteiger partial charge >= 0.3 is 6.09 Å². The summed E-state index contributed by atoms with van der Waals surface area (Å²) >= 11 is 0. The fourth-order valence-corrected chi connectivity index (χ4v) is 3.32. The van der Waals surface area contributed by atoms with Gasteiger partial charge in [0.05, 0.1) is 19.7 Å². The highest BCUT2D eigenvalue weighted by molar-refractivity contribution is 5.90. The van der Waals surface area contributed by atoms with Gasteiger partial charge in [-0.3, -0.25) is 4.90 Å². The van der Waals surface area contributed by atoms with Crippen molar-refractivity contribution in [1.82, 2.24) is 0 Å². The van der Waals surface area contributed by atoms with Crippen LogP contribution in [0.5, 0.6) is 0 Å². The molecule has 1 N–H and O–H groups in total. The Labute approximate surface area is 145 Å². The molecule has 7 nitrogen and oxygen atoms in total. The summed E-state index contributed by atoms with van der Waals surface area (Å²) < 4.78 is 30.0. The van der Waals surface area contributed by atoms with E-state index in [1.54, 1.807) is 12.1 Å². The molecule has 2 aliphatic rings. The zero-order valence-electron chi connectivity index (χ0n) is 14.4. The number of aliphatic hydroxyl groups is 1. The van der Waals surface area contributed by atoms with Gasteiger partial charge < -0.3 is 24.2 Å². The molecule has 1 unspecified atom stereocenters. The molecule has 25 heavy (non-hydrogen) atoms. The third kappa shape index (κ3) is 3.29. The summed E-state index contributed by atoms with van der Waals surface area (Å²) in [4.78, 5) is 15.2. The number of anilines is 2. The molecule has 2 fully saturated rings. The highest BCUT2D eigenvalue weighted by atomic mass is 19.1. The van der Waals surface area contributed by atoms with Gasteiger partial charge in [0.1, 0.15) is 6.10 Å². The van der Waals surface area contributed by atoms with Crippen LogP contribution >= 0.6 is 0 Å². The number of hydrogen-bond donors (Lipinski definition) is 1. The van der Waals surface area contributed by atoms with Gasteiger partial charge in [-0.25, -0.2) is 9.18 Å². The van der Waals surface area contributed by atoms with E-state index < -0.39 is 24.2 Å². The van der Waals surface area contributed by atoms with E-state index in [4.69, 9.17) is 19.3 Å². The molecule has 1 aromatic rings. The van der Waals surface area contributed by atoms with E-state index in [0.717, 1.165) is 5.69 Å². The number of nitrogens with zero attached hydrogens (tertiary/aromatic N) is 2. The van der Waals surface area contributed by atoms with Gasteiger partial charge in [0.25, 0.3) is 0 Å². The monoisotopic (exact) mass is 354 g/mol. The highest BCUT2D eigenvalue weighted by Crippen LogP contribution is 2.32. The number of hydrogen-bond acceptors (Lipinski definition) is 6. The van der Waals surface area contributed by atoms with Crippen molar-refractivity contribution in [1.29, 1.82) is 0 Å². The molecular formula is C17H23FN2O5. The first-order chi connectivity index (χ1) is 12.0. The molecule has 0 radical (unpaired) electrons. The Morgan fingerprint density at radius 3 is 2.40 bits per heavy atom. The third-order valence-corrected chi connectivity index (χ3v) is 4.88. The minimum atomic E-state index is -1.27. The number of cyclic esters (lactones) is 1. The van der Waals surface area contributed by atoms with Gasteiger partial charge in [-0.15, -0.1) is 0 Å². The van der Waals surface area contributed by atoms with Crippen LogP contribution in [0.3, 0.4) is 0 Å². The molecule has 0 aromatic heterocycles. The number of carbonyl (C=O) groups excluding carboxylic acids is 1. The van der Waals surface area contributed by atoms with Crippen LogP contribution in [0.15, 0.2) is 24.3 Å². The molecule has 138 valence electrons. The summed E-state index contributed by atoms with van der Waals surface area (Å²) in [5.41, 5.74) is 1.54. The molecule has 2 atom stereocenters. The topological polar surface area (TPSA) is 71.5 Å². The Kier molecular flexibility index (Phi) is 5.12. The van der Waals surface area contributed by atoms with Gasteiger partial charge in [0, 0.05) is 38.6 Å². The SMILES string of the molecule is COC1(OC)CCN(c2ccc(N3CC(CO)OC3=O)cc2)C[C@H]1F. The number of ether oxygens (including phenoxy) is 3. The molecule has 0 spiro atoms. The van der Waals surface area contributed by atoms with Crippen molar-refractivity contribution in [2.75, 3.05) is 50.3 Å². The molecule has 0 saturated carbocycles. The van der Waals surface area contributed by atoms with Crippen LogP contribution in [0.4, 0.5) is 20.6 Å². The van der Waals surface area contributed by atoms with Crippen LogP contribution in [-0.2, 0) is 14.2 Å². The van der Waals surface area contributed by atoms with Crippen molar-refractivity contribution in [3.63, 3.8) is 0 Å². The number of piperidine rings is 1. The van der Waals surface area contributed by atoms with Crippen LogP contribution in [0, 0.1) is 0 Å². The lowest BCUT2D eigenvalue weighted by Gasteiger charge is -2.42. The first-order valence-electron chi connectivity index (χ1n) is 8.21. The van der Waals surface area contributed by atoms with Crippen LogP contribution in [0.1, 0.15) is 6.42 Å². The van der Waals surface area contributed by atoms with Crippen molar-refractivity contribution in [2.24, 2.45) is 0 Å². The summed E-state index contributed by atoms with van der Waals surface area (Å²) in [5, 5.41) is 9.10. The Balaban J connectivity index is 1.68. The lowest BCUT2D eigenvalue weighted by atomic mass is 10.0. The summed E-state index contributed by atoms with van der Waals surface area (Å²) in [6, 6.07) is 7.26. The van der Waals surface area contributed by atoms with Gasteiger partial charge in [0.15, 0.2) is 6.17 Å². The smallest absolute Gasteiger partial charge is 0.414 e. The lowest BCUT2D eigenvalue weighted by molar-refractivity contribution is -0.249. The maximum absolute atomic E-state index is 14.5. The number of rotatable bonds is 5. The molecule has 2 heterocycles. The summed E-state index contributed by atoms with van der Waals surface area (Å²) in [5.74, 6) is -1.19. The van der Waals surface area contributed by atoms with E-state index in [1.165, 1.54) is 19.1 Å². The van der Waals surface area contributed by atoms with Crippen LogP contribution < -0.4 is 9.80 Å². The normalized spacial score (nSPS) is 26.0. The molecule has 8 heteroatoms. The van der Waals surface area contributed by atoms with E-state index in [1.807, 2.05) is 17.0 Å². The number of carbonyl (C=O) groups is 1. The van der Waals surface area contributed by atoms with Gasteiger partial charge in [-0.1, -0.05) is 0 Å². The Bertz CT molecular complexity index is 608. The molecular weight excluding hydrogens is 331 g/mol. The maximum atomic E-state index is 14.5. The lowest BCUT2D eigenvalue weighted by Crippen LogP contribution is -2.55. The fourth-order valence-electron chi connectivity index (χ4n) is 3.32. The second-order valence-electron chi connectivity index (χ2n) is 6.20. The predicted molar refractivity (Wildman–Crippen MR) is 89.6 cm³/mol. The van der Waals surface area contributed by atoms with Crippen molar-refractivity contribution in [2.45, 2.75) is 24.5 Å². The third-order valence-electron chi connectivity index (χ3n) is 4.88. The van der Waals surface area contributed by atoms with Crippen molar-refractivity contribution >= 4 is 17.5 Å². The molecule has 2 saturated heterocycles. The van der Waals surface area contributed by atoms with E-state index in [0.29, 0.717) is 25.2 Å². The average Bonchev–Trinajstić information content (AvgIpc) is 3.03. The maximum Gasteiger partial charge on any atom is 0.414 e. The Hall–Kier alpha value is -1.90. The van der Waals surface area contributed by atoms with Crippen molar-refractivity contribution < 1.29 is 28.5 Å². The van der Waals surface area contributed by atoms with E-state index in [9.17, 15) is 9.18 Å². The number of methoxy groups -OCH3 is 2. The molecule has 2 aliphatic heterocycles. The first kappa shape index (κ1) is 17.9. The summed E-state index contributed by atoms with van der Waals surface area (Å²) in [6.07, 6.45) is -1.83. The van der Waals surface area contributed by atoms with Crippen molar-refractivity contribution in [3.05, 3.63) is 24.3 Å². The van der Waals surface area contributed by atoms with Crippen LogP contribution in [0.2, 0.25) is 0 Å². The Morgan fingerprint density at radius 1 is 1.24 bits per heavy atom.